The van der Waals surface area contributed by atoms with Gasteiger partial charge >= 0.3 is 0 Å². The highest BCUT2D eigenvalue weighted by molar-refractivity contribution is 7.57. The molecule has 0 amide bonds. The molecule has 0 saturated heterocycles. The Morgan fingerprint density at radius 3 is 0.880 bits per heavy atom. The molecule has 0 aromatic rings. The lowest BCUT2D eigenvalue weighted by atomic mass is 9.98. The molecule has 0 aromatic heterocycles. The summed E-state index contributed by atoms with van der Waals surface area (Å²) in [6.45, 7) is 14.3. The molecule has 0 rings (SSSR count). The smallest absolute Gasteiger partial charge is 0.0326 e. The molecule has 0 aliphatic carbocycles. The van der Waals surface area contributed by atoms with E-state index in [-0.39, 0.29) is 0 Å². The van der Waals surface area contributed by atoms with Gasteiger partial charge in [0, 0.05) is 0 Å². The molecule has 0 heterocycles. The Morgan fingerprint density at radius 2 is 0.680 bits per heavy atom. The van der Waals surface area contributed by atoms with Crippen LogP contribution in [-0.4, -0.2) is 18.5 Å². The average Bonchev–Trinajstić information content (AvgIpc) is 2.65. The zero-order valence-corrected chi connectivity index (χ0v) is 19.7. The second-order valence-corrected chi connectivity index (χ2v) is 11.0. The molecule has 25 heavy (non-hydrogen) atoms. The van der Waals surface area contributed by atoms with Crippen LogP contribution in [0.25, 0.3) is 0 Å². The zero-order valence-electron chi connectivity index (χ0n) is 18.8. The van der Waals surface area contributed by atoms with Gasteiger partial charge in [0.25, 0.3) is 0 Å². The van der Waals surface area contributed by atoms with E-state index in [9.17, 15) is 0 Å². The Balaban J connectivity index is 4.24. The molecular formula is C24H51P. The quantitative estimate of drug-likeness (QED) is 0.211. The third-order valence-electron chi connectivity index (χ3n) is 6.72. The Morgan fingerprint density at radius 1 is 0.440 bits per heavy atom. The van der Waals surface area contributed by atoms with Gasteiger partial charge in [-0.25, -0.2) is 0 Å². The average molecular weight is 371 g/mol. The van der Waals surface area contributed by atoms with Crippen LogP contribution in [0.2, 0.25) is 0 Å². The van der Waals surface area contributed by atoms with E-state index in [4.69, 9.17) is 0 Å². The van der Waals surface area contributed by atoms with Crippen LogP contribution in [0, 0.1) is 17.8 Å². The summed E-state index contributed by atoms with van der Waals surface area (Å²) in [4.78, 5) is 0. The van der Waals surface area contributed by atoms with Gasteiger partial charge in [-0.15, -0.1) is 7.92 Å². The van der Waals surface area contributed by atoms with E-state index in [1.165, 1.54) is 77.0 Å². The van der Waals surface area contributed by atoms with Crippen molar-refractivity contribution >= 4 is 7.92 Å². The minimum atomic E-state index is 0.317. The van der Waals surface area contributed by atoms with Crippen molar-refractivity contribution in [1.82, 2.24) is 0 Å². The lowest BCUT2D eigenvalue weighted by molar-refractivity contribution is 0.446. The van der Waals surface area contributed by atoms with Crippen molar-refractivity contribution < 1.29 is 0 Å². The van der Waals surface area contributed by atoms with E-state index in [0.717, 1.165) is 17.8 Å². The van der Waals surface area contributed by atoms with E-state index in [0.29, 0.717) is 7.92 Å². The van der Waals surface area contributed by atoms with Crippen LogP contribution in [0.15, 0.2) is 0 Å². The van der Waals surface area contributed by atoms with E-state index < -0.39 is 0 Å². The molecule has 0 aliphatic rings. The fraction of sp³-hybridized carbons (Fsp3) is 1.00. The topological polar surface area (TPSA) is 0 Å². The van der Waals surface area contributed by atoms with E-state index in [1.54, 1.807) is 18.5 Å². The molecule has 0 aliphatic heterocycles. The summed E-state index contributed by atoms with van der Waals surface area (Å²) in [6, 6.07) is 0. The van der Waals surface area contributed by atoms with E-state index in [2.05, 4.69) is 41.5 Å². The summed E-state index contributed by atoms with van der Waals surface area (Å²) in [7, 11) is 0.317. The molecule has 0 bridgehead atoms. The highest BCUT2D eigenvalue weighted by Crippen LogP contribution is 2.40. The van der Waals surface area contributed by atoms with Crippen molar-refractivity contribution in [2.45, 2.75) is 119 Å². The molecule has 0 atom stereocenters. The summed E-state index contributed by atoms with van der Waals surface area (Å²) in [5, 5.41) is 0. The maximum Gasteiger partial charge on any atom is -0.0326 e. The third-order valence-corrected chi connectivity index (χ3v) is 9.57. The highest BCUT2D eigenvalue weighted by Gasteiger charge is 2.12. The van der Waals surface area contributed by atoms with Crippen LogP contribution in [0.5, 0.6) is 0 Å². The van der Waals surface area contributed by atoms with Gasteiger partial charge in [-0.1, -0.05) is 99.3 Å². The van der Waals surface area contributed by atoms with Crippen LogP contribution in [0.4, 0.5) is 0 Å². The van der Waals surface area contributed by atoms with Crippen molar-refractivity contribution in [3.8, 4) is 0 Å². The lowest BCUT2D eigenvalue weighted by Gasteiger charge is -2.22. The summed E-state index contributed by atoms with van der Waals surface area (Å²) in [5.41, 5.74) is 0. The standard InChI is InChI=1S/C24H51P/c1-7-22(8-2)16-13-19-25(20-14-17-23(9-3)10-4)21-15-18-24(11-5)12-6/h22-24H,7-21H2,1-6H3. The number of hydrogen-bond donors (Lipinski definition) is 0. The van der Waals surface area contributed by atoms with Crippen LogP contribution < -0.4 is 0 Å². The molecule has 0 N–H and O–H groups in total. The lowest BCUT2D eigenvalue weighted by Crippen LogP contribution is -2.04. The Bertz CT molecular complexity index is 208. The third kappa shape index (κ3) is 13.3. The van der Waals surface area contributed by atoms with Crippen molar-refractivity contribution in [3.63, 3.8) is 0 Å². The maximum absolute atomic E-state index is 2.38. The van der Waals surface area contributed by atoms with Gasteiger partial charge in [0.2, 0.25) is 0 Å². The monoisotopic (exact) mass is 370 g/mol. The first-order valence-corrected chi connectivity index (χ1v) is 13.8. The summed E-state index contributed by atoms with van der Waals surface area (Å²) < 4.78 is 0. The van der Waals surface area contributed by atoms with Gasteiger partial charge in [-0.05, 0) is 55.5 Å². The molecular weight excluding hydrogens is 319 g/mol. The first-order chi connectivity index (χ1) is 12.1. The number of rotatable bonds is 18. The minimum Gasteiger partial charge on any atom is -0.107 e. The predicted octanol–water partition coefficient (Wildman–Crippen LogP) is 9.12. The highest BCUT2D eigenvalue weighted by atomic mass is 31.1. The minimum absolute atomic E-state index is 0.317. The largest absolute Gasteiger partial charge is 0.107 e. The summed E-state index contributed by atoms with van der Waals surface area (Å²) >= 11 is 0. The van der Waals surface area contributed by atoms with Crippen molar-refractivity contribution in [2.75, 3.05) is 18.5 Å². The first-order valence-electron chi connectivity index (χ1n) is 11.9. The second-order valence-electron chi connectivity index (χ2n) is 8.32. The van der Waals surface area contributed by atoms with Gasteiger partial charge in [0.15, 0.2) is 0 Å². The van der Waals surface area contributed by atoms with Gasteiger partial charge in [0.1, 0.15) is 0 Å². The summed E-state index contributed by atoms with van der Waals surface area (Å²) in [6.07, 6.45) is 22.0. The Labute approximate surface area is 163 Å². The van der Waals surface area contributed by atoms with Crippen LogP contribution in [0.3, 0.4) is 0 Å². The van der Waals surface area contributed by atoms with Crippen molar-refractivity contribution in [3.05, 3.63) is 0 Å². The molecule has 0 radical (unpaired) electrons. The normalized spacial score (nSPS) is 12.2. The van der Waals surface area contributed by atoms with Crippen LogP contribution in [-0.2, 0) is 0 Å². The first kappa shape index (κ1) is 25.4. The Hall–Kier alpha value is 0.430. The van der Waals surface area contributed by atoms with Gasteiger partial charge in [0.05, 0.1) is 0 Å². The van der Waals surface area contributed by atoms with Gasteiger partial charge in [-0.2, -0.15) is 0 Å². The predicted molar refractivity (Wildman–Crippen MR) is 121 cm³/mol. The molecule has 152 valence electrons. The molecule has 0 unspecified atom stereocenters. The second kappa shape index (κ2) is 17.8. The molecule has 1 heteroatoms. The molecule has 0 fully saturated rings. The van der Waals surface area contributed by atoms with Gasteiger partial charge in [-0.3, -0.25) is 0 Å². The van der Waals surface area contributed by atoms with Crippen LogP contribution in [0.1, 0.15) is 119 Å². The summed E-state index contributed by atoms with van der Waals surface area (Å²) in [5.74, 6) is 2.97. The zero-order chi connectivity index (χ0) is 18.9. The SMILES string of the molecule is CCC(CC)CCCP(CCCC(CC)CC)CCCC(CC)CC. The molecule has 0 spiro atoms. The van der Waals surface area contributed by atoms with Crippen molar-refractivity contribution in [1.29, 1.82) is 0 Å². The Kier molecular flexibility index (Phi) is 18.1. The van der Waals surface area contributed by atoms with E-state index in [1.807, 2.05) is 0 Å². The van der Waals surface area contributed by atoms with Gasteiger partial charge < -0.3 is 0 Å². The number of hydrogen-bond acceptors (Lipinski definition) is 0. The molecule has 0 nitrogen and oxygen atoms in total. The van der Waals surface area contributed by atoms with E-state index >= 15 is 0 Å². The van der Waals surface area contributed by atoms with Crippen molar-refractivity contribution in [2.24, 2.45) is 17.8 Å². The molecule has 0 saturated carbocycles. The van der Waals surface area contributed by atoms with Crippen LogP contribution >= 0.6 is 7.92 Å². The fourth-order valence-corrected chi connectivity index (χ4v) is 6.80. The maximum atomic E-state index is 2.38. The molecule has 0 aromatic carbocycles. The fourth-order valence-electron chi connectivity index (χ4n) is 4.24.